The Morgan fingerprint density at radius 1 is 1.20 bits per heavy atom. The first-order valence-corrected chi connectivity index (χ1v) is 9.21. The van der Waals surface area contributed by atoms with Gasteiger partial charge < -0.3 is 4.57 Å². The molecule has 0 spiro atoms. The summed E-state index contributed by atoms with van der Waals surface area (Å²) in [6.45, 7) is 2.06. The molecule has 134 valence electrons. The van der Waals surface area contributed by atoms with Crippen molar-refractivity contribution in [3.05, 3.63) is 40.8 Å². The van der Waals surface area contributed by atoms with E-state index in [4.69, 9.17) is 16.6 Å². The number of halogens is 4. The Labute approximate surface area is 150 Å². The van der Waals surface area contributed by atoms with Crippen molar-refractivity contribution in [1.82, 2.24) is 9.55 Å². The van der Waals surface area contributed by atoms with Crippen LogP contribution in [0.25, 0.3) is 11.3 Å². The fraction of sp³-hybridized carbons (Fsp3) is 0.526. The summed E-state index contributed by atoms with van der Waals surface area (Å²) in [5.74, 6) is 2.45. The highest BCUT2D eigenvalue weighted by atomic mass is 35.5. The molecule has 2 saturated carbocycles. The normalized spacial score (nSPS) is 18.2. The number of hydrogen-bond acceptors (Lipinski definition) is 1. The van der Waals surface area contributed by atoms with Crippen molar-refractivity contribution in [2.45, 2.75) is 51.2 Å². The van der Waals surface area contributed by atoms with Gasteiger partial charge in [0.15, 0.2) is 0 Å². The molecule has 0 amide bonds. The number of hydrogen-bond donors (Lipinski definition) is 0. The number of alkyl halides is 3. The van der Waals surface area contributed by atoms with Crippen LogP contribution in [-0.2, 0) is 12.6 Å². The molecule has 25 heavy (non-hydrogen) atoms. The SMILES string of the molecule is CCc1nc(-c2ccc(C(F)(F)F)cc2Cl)cn1C(C1CC1)C1CC1. The molecule has 2 aliphatic rings. The third kappa shape index (κ3) is 3.31. The molecule has 1 aromatic carbocycles. The van der Waals surface area contributed by atoms with Crippen molar-refractivity contribution in [2.24, 2.45) is 11.8 Å². The molecular weight excluding hydrogens is 349 g/mol. The third-order valence-corrected chi connectivity index (χ3v) is 5.54. The van der Waals surface area contributed by atoms with Gasteiger partial charge in [0.1, 0.15) is 5.82 Å². The molecule has 1 heterocycles. The van der Waals surface area contributed by atoms with E-state index in [1.807, 2.05) is 6.20 Å². The molecule has 0 bridgehead atoms. The molecule has 4 rings (SSSR count). The molecule has 2 aromatic rings. The Morgan fingerprint density at radius 2 is 1.84 bits per heavy atom. The monoisotopic (exact) mass is 368 g/mol. The van der Waals surface area contributed by atoms with Crippen LogP contribution in [0.15, 0.2) is 24.4 Å². The van der Waals surface area contributed by atoms with Crippen LogP contribution in [0.4, 0.5) is 13.2 Å². The maximum Gasteiger partial charge on any atom is 0.416 e. The van der Waals surface area contributed by atoms with Crippen LogP contribution >= 0.6 is 11.6 Å². The molecule has 1 aromatic heterocycles. The maximum absolute atomic E-state index is 12.8. The van der Waals surface area contributed by atoms with Crippen molar-refractivity contribution in [1.29, 1.82) is 0 Å². The predicted octanol–water partition coefficient (Wildman–Crippen LogP) is 6.15. The van der Waals surface area contributed by atoms with Crippen molar-refractivity contribution >= 4 is 11.6 Å². The number of nitrogens with zero attached hydrogens (tertiary/aromatic N) is 2. The topological polar surface area (TPSA) is 17.8 Å². The van der Waals surface area contributed by atoms with Crippen LogP contribution in [0.1, 0.15) is 50.0 Å². The minimum Gasteiger partial charge on any atom is -0.331 e. The smallest absolute Gasteiger partial charge is 0.331 e. The summed E-state index contributed by atoms with van der Waals surface area (Å²) in [6.07, 6.45) is 3.46. The predicted molar refractivity (Wildman–Crippen MR) is 91.5 cm³/mol. The number of benzene rings is 1. The Hall–Kier alpha value is -1.49. The quantitative estimate of drug-likeness (QED) is 0.619. The van der Waals surface area contributed by atoms with Crippen molar-refractivity contribution in [2.75, 3.05) is 0 Å². The molecular formula is C19H20ClF3N2. The van der Waals surface area contributed by atoms with E-state index < -0.39 is 11.7 Å². The first kappa shape index (κ1) is 17.0. The number of aryl methyl sites for hydroxylation is 1. The van der Waals surface area contributed by atoms with E-state index in [1.165, 1.54) is 31.7 Å². The summed E-state index contributed by atoms with van der Waals surface area (Å²) >= 11 is 6.15. The Bertz CT molecular complexity index is 776. The zero-order chi connectivity index (χ0) is 17.8. The van der Waals surface area contributed by atoms with Gasteiger partial charge in [-0.1, -0.05) is 24.6 Å². The summed E-state index contributed by atoms with van der Waals surface area (Å²) in [7, 11) is 0. The number of rotatable bonds is 5. The van der Waals surface area contributed by atoms with Gasteiger partial charge in [-0.15, -0.1) is 0 Å². The van der Waals surface area contributed by atoms with E-state index in [-0.39, 0.29) is 5.02 Å². The van der Waals surface area contributed by atoms with E-state index >= 15 is 0 Å². The zero-order valence-corrected chi connectivity index (χ0v) is 14.7. The van der Waals surface area contributed by atoms with Crippen LogP contribution < -0.4 is 0 Å². The molecule has 0 saturated heterocycles. The van der Waals surface area contributed by atoms with E-state index in [0.29, 0.717) is 17.3 Å². The zero-order valence-electron chi connectivity index (χ0n) is 14.0. The summed E-state index contributed by atoms with van der Waals surface area (Å²) in [5, 5.41) is 0.0940. The Kier molecular flexibility index (Phi) is 4.10. The highest BCUT2D eigenvalue weighted by Gasteiger charge is 2.43. The Morgan fingerprint density at radius 3 is 2.32 bits per heavy atom. The van der Waals surface area contributed by atoms with Crippen molar-refractivity contribution in [3.63, 3.8) is 0 Å². The first-order chi connectivity index (χ1) is 11.9. The van der Waals surface area contributed by atoms with E-state index in [0.717, 1.165) is 36.2 Å². The van der Waals surface area contributed by atoms with Gasteiger partial charge >= 0.3 is 6.18 Å². The third-order valence-electron chi connectivity index (χ3n) is 5.23. The van der Waals surface area contributed by atoms with Crippen LogP contribution in [0.3, 0.4) is 0 Å². The average Bonchev–Trinajstić information content (AvgIpc) is 3.46. The fourth-order valence-electron chi connectivity index (χ4n) is 3.70. The van der Waals surface area contributed by atoms with Gasteiger partial charge in [0, 0.05) is 24.2 Å². The van der Waals surface area contributed by atoms with Crippen LogP contribution in [0.5, 0.6) is 0 Å². The number of imidazole rings is 1. The number of aromatic nitrogens is 2. The molecule has 0 radical (unpaired) electrons. The van der Waals surface area contributed by atoms with Gasteiger partial charge in [0.05, 0.1) is 16.3 Å². The second-order valence-electron chi connectivity index (χ2n) is 7.16. The molecule has 2 aliphatic carbocycles. The molecule has 6 heteroatoms. The summed E-state index contributed by atoms with van der Waals surface area (Å²) in [4.78, 5) is 4.69. The molecule has 2 fully saturated rings. The van der Waals surface area contributed by atoms with Crippen molar-refractivity contribution < 1.29 is 13.2 Å². The first-order valence-electron chi connectivity index (χ1n) is 8.83. The maximum atomic E-state index is 12.8. The highest BCUT2D eigenvalue weighted by molar-refractivity contribution is 6.33. The van der Waals surface area contributed by atoms with Crippen LogP contribution in [0, 0.1) is 11.8 Å². The lowest BCUT2D eigenvalue weighted by Crippen LogP contribution is -2.15. The van der Waals surface area contributed by atoms with E-state index in [9.17, 15) is 13.2 Å². The van der Waals surface area contributed by atoms with Gasteiger partial charge in [-0.25, -0.2) is 4.98 Å². The molecule has 0 atom stereocenters. The Balaban J connectivity index is 1.71. The van der Waals surface area contributed by atoms with Crippen LogP contribution in [0.2, 0.25) is 5.02 Å². The second-order valence-corrected chi connectivity index (χ2v) is 7.57. The molecule has 0 aliphatic heterocycles. The minimum absolute atomic E-state index is 0.0940. The second kappa shape index (κ2) is 6.04. The van der Waals surface area contributed by atoms with Gasteiger partial charge in [0.25, 0.3) is 0 Å². The lowest BCUT2D eigenvalue weighted by molar-refractivity contribution is -0.137. The van der Waals surface area contributed by atoms with Gasteiger partial charge in [0.2, 0.25) is 0 Å². The summed E-state index contributed by atoms with van der Waals surface area (Å²) < 4.78 is 40.8. The lowest BCUT2D eigenvalue weighted by Gasteiger charge is -2.19. The largest absolute Gasteiger partial charge is 0.416 e. The highest BCUT2D eigenvalue weighted by Crippen LogP contribution is 2.52. The molecule has 0 N–H and O–H groups in total. The molecule has 0 unspecified atom stereocenters. The minimum atomic E-state index is -4.39. The van der Waals surface area contributed by atoms with Crippen molar-refractivity contribution in [3.8, 4) is 11.3 Å². The summed E-state index contributed by atoms with van der Waals surface area (Å²) in [6, 6.07) is 3.98. The van der Waals surface area contributed by atoms with Crippen LogP contribution in [-0.4, -0.2) is 9.55 Å². The standard InChI is InChI=1S/C19H20ClF3N2/c1-2-17-24-16(10-25(17)18(11-3-4-11)12-5-6-12)14-8-7-13(9-15(14)20)19(21,22)23/h7-12,18H,2-6H2,1H3. The summed E-state index contributed by atoms with van der Waals surface area (Å²) in [5.41, 5.74) is 0.501. The van der Waals surface area contributed by atoms with E-state index in [2.05, 4.69) is 11.5 Å². The fourth-order valence-corrected chi connectivity index (χ4v) is 3.97. The lowest BCUT2D eigenvalue weighted by atomic mass is 10.1. The molecule has 2 nitrogen and oxygen atoms in total. The van der Waals surface area contributed by atoms with Gasteiger partial charge in [-0.05, 0) is 49.7 Å². The van der Waals surface area contributed by atoms with Gasteiger partial charge in [-0.3, -0.25) is 0 Å². The average molecular weight is 369 g/mol. The van der Waals surface area contributed by atoms with E-state index in [1.54, 1.807) is 0 Å². The van der Waals surface area contributed by atoms with Gasteiger partial charge in [-0.2, -0.15) is 13.2 Å².